The van der Waals surface area contributed by atoms with Crippen LogP contribution in [0.3, 0.4) is 0 Å². The van der Waals surface area contributed by atoms with Gasteiger partial charge in [-0.3, -0.25) is 14.3 Å². The molecule has 3 heterocycles. The molecule has 2 amide bonds. The van der Waals surface area contributed by atoms with E-state index in [-0.39, 0.29) is 23.3 Å². The van der Waals surface area contributed by atoms with E-state index in [1.165, 1.54) is 11.1 Å². The Morgan fingerprint density at radius 2 is 1.98 bits per heavy atom. The number of rotatable bonds is 3. The van der Waals surface area contributed by atoms with Gasteiger partial charge in [-0.25, -0.2) is 4.21 Å². The fourth-order valence-electron chi connectivity index (χ4n) is 7.02. The summed E-state index contributed by atoms with van der Waals surface area (Å²) in [6, 6.07) is 13.0. The second-order valence-corrected chi connectivity index (χ2v) is 15.9. The third-order valence-electron chi connectivity index (χ3n) is 9.75. The molecule has 0 radical (unpaired) electrons. The molecule has 1 aliphatic carbocycles. The Hall–Kier alpha value is -3.60. The Bertz CT molecular complexity index is 1810. The Kier molecular flexibility index (Phi) is 10.6. The Balaban J connectivity index is 1.45. The van der Waals surface area contributed by atoms with Gasteiger partial charge >= 0.3 is 0 Å². The first kappa shape index (κ1) is 34.3. The molecule has 0 saturated heterocycles. The lowest BCUT2D eigenvalue weighted by molar-refractivity contribution is 0.0133. The molecule has 48 heavy (non-hydrogen) atoms. The van der Waals surface area contributed by atoms with E-state index in [1.54, 1.807) is 43.3 Å². The first-order valence-electron chi connectivity index (χ1n) is 16.8. The standard InChI is InChI=1S/C37H45ClN4O5S/c1-25-7-6-9-34(46-3)32-14-11-29(32)23-42-22-28-10-13-31(38)19-26(28)8-4-5-18-47-35-15-12-27(20-33(35)42)36(43)39-48(45,24-25)40-37(44)30-16-17-41(2)21-30/h6,9-10,12-13,15-17,19-21,25,29,32,34H,4-5,7-8,11,14,18,22-24H2,1-3H3,(H,39,40,43,44,45)/b9-6+/t25-,29-,32+,34-,48-/m0/s1. The zero-order valence-corrected chi connectivity index (χ0v) is 29.5. The lowest BCUT2D eigenvalue weighted by Gasteiger charge is -2.43. The number of carbonyl (C=O) groups is 2. The van der Waals surface area contributed by atoms with Gasteiger partial charge in [0.2, 0.25) is 0 Å². The number of halogens is 1. The number of nitrogens with one attached hydrogen (secondary N) is 1. The summed E-state index contributed by atoms with van der Waals surface area (Å²) in [4.78, 5) is 29.4. The summed E-state index contributed by atoms with van der Waals surface area (Å²) >= 11 is 6.45. The lowest BCUT2D eigenvalue weighted by atomic mass is 9.70. The molecule has 1 fully saturated rings. The molecule has 3 aliphatic rings. The maximum absolute atomic E-state index is 14.4. The number of ether oxygens (including phenoxy) is 2. The minimum absolute atomic E-state index is 0.0187. The molecular weight excluding hydrogens is 648 g/mol. The van der Waals surface area contributed by atoms with Crippen LogP contribution in [-0.2, 0) is 34.7 Å². The normalized spacial score (nSPS) is 27.2. The molecule has 2 bridgehead atoms. The van der Waals surface area contributed by atoms with Crippen LogP contribution in [0.2, 0.25) is 5.02 Å². The van der Waals surface area contributed by atoms with Crippen LogP contribution in [0.15, 0.2) is 71.4 Å². The van der Waals surface area contributed by atoms with Crippen LogP contribution in [0.25, 0.3) is 0 Å². The van der Waals surface area contributed by atoms with Crippen LogP contribution in [0.5, 0.6) is 5.75 Å². The summed E-state index contributed by atoms with van der Waals surface area (Å²) in [6.07, 6.45) is 13.0. The van der Waals surface area contributed by atoms with Gasteiger partial charge in [0, 0.05) is 50.2 Å². The number of amides is 2. The number of hydrogen-bond acceptors (Lipinski definition) is 6. The number of carbonyl (C=O) groups excluding carboxylic acids is 2. The summed E-state index contributed by atoms with van der Waals surface area (Å²) in [5, 5.41) is 0.716. The van der Waals surface area contributed by atoms with E-state index in [4.69, 9.17) is 21.1 Å². The summed E-state index contributed by atoms with van der Waals surface area (Å²) in [5.41, 5.74) is 3.82. The first-order chi connectivity index (χ1) is 23.1. The molecule has 9 nitrogen and oxygen atoms in total. The van der Waals surface area contributed by atoms with Gasteiger partial charge in [-0.05, 0) is 104 Å². The lowest BCUT2D eigenvalue weighted by Crippen LogP contribution is -2.43. The molecule has 1 saturated carbocycles. The highest BCUT2D eigenvalue weighted by molar-refractivity contribution is 7.92. The highest BCUT2D eigenvalue weighted by atomic mass is 35.5. The van der Waals surface area contributed by atoms with Gasteiger partial charge in [0.15, 0.2) is 0 Å². The fourth-order valence-corrected chi connectivity index (χ4v) is 9.10. The molecule has 5 atom stereocenters. The monoisotopic (exact) mass is 692 g/mol. The molecular formula is C37H45ClN4O5S. The number of nitrogens with zero attached hydrogens (tertiary/aromatic N) is 3. The quantitative estimate of drug-likeness (QED) is 0.297. The van der Waals surface area contributed by atoms with E-state index in [9.17, 15) is 13.8 Å². The van der Waals surface area contributed by atoms with Crippen LogP contribution in [-0.4, -0.2) is 52.7 Å². The highest BCUT2D eigenvalue weighted by Gasteiger charge is 2.38. The number of anilines is 1. The average Bonchev–Trinajstić information content (AvgIpc) is 3.47. The van der Waals surface area contributed by atoms with Gasteiger partial charge in [-0.15, -0.1) is 4.36 Å². The van der Waals surface area contributed by atoms with Crippen molar-refractivity contribution < 1.29 is 23.3 Å². The van der Waals surface area contributed by atoms with Crippen molar-refractivity contribution in [2.24, 2.45) is 29.2 Å². The Labute approximate surface area is 288 Å². The molecule has 1 aromatic heterocycles. The van der Waals surface area contributed by atoms with E-state index in [1.807, 2.05) is 25.1 Å². The molecule has 0 spiro atoms. The SMILES string of the molecule is CO[C@H]1/C=C/C[C@H](C)C[S@@](=O)(NC(=O)c2ccn(C)c2)=NC(=O)c2ccc3c(c2)N(Cc2ccc(Cl)cc2CCCCO3)C[C@@H]2CC[C@H]21. The third kappa shape index (κ3) is 7.98. The topological polar surface area (TPSA) is 102 Å². The van der Waals surface area contributed by atoms with Gasteiger partial charge in [-0.2, -0.15) is 0 Å². The minimum Gasteiger partial charge on any atom is -0.491 e. The van der Waals surface area contributed by atoms with Crippen molar-refractivity contribution in [3.63, 3.8) is 0 Å². The highest BCUT2D eigenvalue weighted by Crippen LogP contribution is 2.42. The number of benzene rings is 2. The molecule has 0 unspecified atom stereocenters. The predicted octanol–water partition coefficient (Wildman–Crippen LogP) is 6.99. The van der Waals surface area contributed by atoms with Gasteiger partial charge in [-0.1, -0.05) is 36.7 Å². The molecule has 2 aromatic carbocycles. The minimum atomic E-state index is -3.49. The van der Waals surface area contributed by atoms with E-state index in [2.05, 4.69) is 38.3 Å². The zero-order chi connectivity index (χ0) is 33.8. The van der Waals surface area contributed by atoms with Crippen molar-refractivity contribution in [3.8, 4) is 5.75 Å². The van der Waals surface area contributed by atoms with Gasteiger partial charge < -0.3 is 18.9 Å². The smallest absolute Gasteiger partial charge is 0.286 e. The summed E-state index contributed by atoms with van der Waals surface area (Å²) in [6.45, 7) is 3.84. The van der Waals surface area contributed by atoms with Gasteiger partial charge in [0.1, 0.15) is 15.7 Å². The van der Waals surface area contributed by atoms with Crippen LogP contribution in [0, 0.1) is 17.8 Å². The number of hydrogen-bond donors (Lipinski definition) is 1. The maximum atomic E-state index is 14.4. The number of fused-ring (bicyclic) bond motifs is 3. The van der Waals surface area contributed by atoms with E-state index in [0.717, 1.165) is 44.3 Å². The van der Waals surface area contributed by atoms with E-state index >= 15 is 0 Å². The second-order valence-electron chi connectivity index (χ2n) is 13.5. The van der Waals surface area contributed by atoms with Crippen molar-refractivity contribution in [3.05, 3.63) is 94.3 Å². The van der Waals surface area contributed by atoms with E-state index in [0.29, 0.717) is 47.7 Å². The van der Waals surface area contributed by atoms with Crippen molar-refractivity contribution >= 4 is 39.0 Å². The summed E-state index contributed by atoms with van der Waals surface area (Å²) < 4.78 is 35.4. The zero-order valence-electron chi connectivity index (χ0n) is 27.9. The van der Waals surface area contributed by atoms with Crippen LogP contribution in [0.4, 0.5) is 5.69 Å². The molecule has 2 aliphatic heterocycles. The number of allylic oxidation sites excluding steroid dienone is 1. The molecule has 11 heteroatoms. The van der Waals surface area contributed by atoms with Gasteiger partial charge in [0.25, 0.3) is 11.8 Å². The first-order valence-corrected chi connectivity index (χ1v) is 18.9. The molecule has 1 N–H and O–H groups in total. The number of aryl methyl sites for hydroxylation is 2. The van der Waals surface area contributed by atoms with Crippen molar-refractivity contribution in [2.45, 2.75) is 58.1 Å². The van der Waals surface area contributed by atoms with Crippen LogP contribution < -0.4 is 14.4 Å². The Morgan fingerprint density at radius 3 is 2.73 bits per heavy atom. The van der Waals surface area contributed by atoms with Crippen molar-refractivity contribution in [2.75, 3.05) is 30.9 Å². The number of methoxy groups -OCH3 is 1. The summed E-state index contributed by atoms with van der Waals surface area (Å²) in [7, 11) is 0.0644. The average molecular weight is 693 g/mol. The molecule has 256 valence electrons. The second kappa shape index (κ2) is 14.9. The predicted molar refractivity (Wildman–Crippen MR) is 190 cm³/mol. The maximum Gasteiger partial charge on any atom is 0.286 e. The summed E-state index contributed by atoms with van der Waals surface area (Å²) in [5.74, 6) is 0.0959. The molecule has 3 aromatic rings. The Morgan fingerprint density at radius 1 is 1.12 bits per heavy atom. The number of aromatic nitrogens is 1. The van der Waals surface area contributed by atoms with Crippen molar-refractivity contribution in [1.29, 1.82) is 0 Å². The third-order valence-corrected chi connectivity index (χ3v) is 12.0. The fraction of sp³-hybridized carbons (Fsp3) is 0.459. The molecule has 6 rings (SSSR count). The van der Waals surface area contributed by atoms with Crippen LogP contribution >= 0.6 is 11.6 Å². The van der Waals surface area contributed by atoms with E-state index < -0.39 is 21.7 Å². The van der Waals surface area contributed by atoms with Gasteiger partial charge in [0.05, 0.1) is 29.7 Å². The van der Waals surface area contributed by atoms with Crippen LogP contribution in [0.1, 0.15) is 70.9 Å². The largest absolute Gasteiger partial charge is 0.491 e. The van der Waals surface area contributed by atoms with Crippen molar-refractivity contribution in [1.82, 2.24) is 9.29 Å².